The smallest absolute Gasteiger partial charge is 0.0777 e. The lowest BCUT2D eigenvalue weighted by atomic mass is 9.73. The van der Waals surface area contributed by atoms with Crippen molar-refractivity contribution in [3.8, 4) is 0 Å². The largest absolute Gasteiger partial charge is 0.391 e. The molecular formula is C18H35NO2. The van der Waals surface area contributed by atoms with Crippen LogP contribution in [0.4, 0.5) is 0 Å². The molecule has 2 rings (SSSR count). The van der Waals surface area contributed by atoms with Crippen LogP contribution in [-0.2, 0) is 4.74 Å². The van der Waals surface area contributed by atoms with Gasteiger partial charge in [-0.15, -0.1) is 0 Å². The van der Waals surface area contributed by atoms with E-state index in [0.29, 0.717) is 0 Å². The highest BCUT2D eigenvalue weighted by Gasteiger charge is 2.53. The maximum Gasteiger partial charge on any atom is 0.0777 e. The molecule has 3 atom stereocenters. The molecule has 2 heterocycles. The van der Waals surface area contributed by atoms with E-state index in [1.165, 1.54) is 19.3 Å². The Kier molecular flexibility index (Phi) is 4.78. The lowest BCUT2D eigenvalue weighted by Crippen LogP contribution is -2.60. The van der Waals surface area contributed by atoms with E-state index in [0.717, 1.165) is 25.9 Å². The fourth-order valence-electron chi connectivity index (χ4n) is 4.55. The lowest BCUT2D eigenvalue weighted by molar-refractivity contribution is -0.116. The number of piperidine rings is 1. The number of aliphatic hydroxyl groups is 1. The quantitative estimate of drug-likeness (QED) is 0.860. The summed E-state index contributed by atoms with van der Waals surface area (Å²) >= 11 is 0. The minimum Gasteiger partial charge on any atom is -0.391 e. The van der Waals surface area contributed by atoms with Crippen LogP contribution in [0.25, 0.3) is 0 Å². The Morgan fingerprint density at radius 3 is 2.19 bits per heavy atom. The van der Waals surface area contributed by atoms with Crippen LogP contribution in [-0.4, -0.2) is 45.9 Å². The first kappa shape index (κ1) is 17.2. The van der Waals surface area contributed by atoms with Gasteiger partial charge in [0.1, 0.15) is 0 Å². The number of aliphatic hydroxyl groups excluding tert-OH is 1. The number of hydrogen-bond acceptors (Lipinski definition) is 3. The van der Waals surface area contributed by atoms with Crippen molar-refractivity contribution in [1.82, 2.24) is 4.90 Å². The zero-order valence-electron chi connectivity index (χ0n) is 14.9. The third-order valence-electron chi connectivity index (χ3n) is 5.96. The second kappa shape index (κ2) is 5.82. The minimum atomic E-state index is -0.336. The van der Waals surface area contributed by atoms with Crippen molar-refractivity contribution >= 4 is 0 Å². The number of likely N-dealkylation sites (tertiary alicyclic amines) is 1. The summed E-state index contributed by atoms with van der Waals surface area (Å²) in [7, 11) is 0. The number of rotatable bonds is 4. The van der Waals surface area contributed by atoms with E-state index in [4.69, 9.17) is 4.74 Å². The zero-order valence-corrected chi connectivity index (χ0v) is 14.9. The molecule has 2 aliphatic rings. The van der Waals surface area contributed by atoms with Crippen LogP contribution >= 0.6 is 0 Å². The first-order valence-electron chi connectivity index (χ1n) is 8.76. The van der Waals surface area contributed by atoms with E-state index >= 15 is 0 Å². The molecule has 0 aromatic rings. The fourth-order valence-corrected chi connectivity index (χ4v) is 4.55. The van der Waals surface area contributed by atoms with E-state index in [-0.39, 0.29) is 28.8 Å². The first-order chi connectivity index (χ1) is 9.62. The predicted molar refractivity (Wildman–Crippen MR) is 87.5 cm³/mol. The summed E-state index contributed by atoms with van der Waals surface area (Å²) in [5.74, 6) is 0.194. The third-order valence-corrected chi connectivity index (χ3v) is 5.96. The van der Waals surface area contributed by atoms with Crippen LogP contribution in [0, 0.1) is 5.92 Å². The molecule has 0 aromatic carbocycles. The van der Waals surface area contributed by atoms with Gasteiger partial charge >= 0.3 is 0 Å². The van der Waals surface area contributed by atoms with Gasteiger partial charge in [0.25, 0.3) is 0 Å². The van der Waals surface area contributed by atoms with Crippen LogP contribution < -0.4 is 0 Å². The summed E-state index contributed by atoms with van der Waals surface area (Å²) in [5, 5.41) is 11.3. The second-order valence-corrected chi connectivity index (χ2v) is 8.48. The highest BCUT2D eigenvalue weighted by Crippen LogP contribution is 2.47. The van der Waals surface area contributed by atoms with Gasteiger partial charge in [-0.25, -0.2) is 0 Å². The van der Waals surface area contributed by atoms with Gasteiger partial charge < -0.3 is 9.84 Å². The fraction of sp³-hybridized carbons (Fsp3) is 1.00. The van der Waals surface area contributed by atoms with E-state index in [2.05, 4.69) is 46.4 Å². The Morgan fingerprint density at radius 2 is 1.76 bits per heavy atom. The maximum atomic E-state index is 11.3. The average Bonchev–Trinajstić information content (AvgIpc) is 2.65. The van der Waals surface area contributed by atoms with Gasteiger partial charge in [-0.2, -0.15) is 0 Å². The standard InChI is InChI=1S/C18H35NO2/c1-7-18(6,19-11-9-8-10-12-19)15(20)14-13-16(2,3)21-17(14,4)5/h14-15,20H,7-13H2,1-6H3. The summed E-state index contributed by atoms with van der Waals surface area (Å²) in [4.78, 5) is 2.53. The summed E-state index contributed by atoms with van der Waals surface area (Å²) in [6.07, 6.45) is 5.44. The Hall–Kier alpha value is -0.120. The normalized spacial score (nSPS) is 33.6. The van der Waals surface area contributed by atoms with Crippen LogP contribution in [0.15, 0.2) is 0 Å². The highest BCUT2D eigenvalue weighted by atomic mass is 16.5. The maximum absolute atomic E-state index is 11.3. The van der Waals surface area contributed by atoms with Gasteiger partial charge in [0.2, 0.25) is 0 Å². The van der Waals surface area contributed by atoms with Gasteiger partial charge in [-0.1, -0.05) is 13.3 Å². The van der Waals surface area contributed by atoms with Crippen molar-refractivity contribution in [2.45, 2.75) is 96.5 Å². The van der Waals surface area contributed by atoms with E-state index in [9.17, 15) is 5.11 Å². The molecule has 3 unspecified atom stereocenters. The van der Waals surface area contributed by atoms with Crippen molar-refractivity contribution in [3.63, 3.8) is 0 Å². The molecule has 3 heteroatoms. The lowest BCUT2D eigenvalue weighted by Gasteiger charge is -2.49. The molecular weight excluding hydrogens is 262 g/mol. The second-order valence-electron chi connectivity index (χ2n) is 8.48. The van der Waals surface area contributed by atoms with E-state index < -0.39 is 0 Å². The molecule has 21 heavy (non-hydrogen) atoms. The van der Waals surface area contributed by atoms with Crippen LogP contribution in [0.2, 0.25) is 0 Å². The van der Waals surface area contributed by atoms with Crippen molar-refractivity contribution in [2.24, 2.45) is 5.92 Å². The number of nitrogens with zero attached hydrogens (tertiary/aromatic N) is 1. The average molecular weight is 297 g/mol. The molecule has 2 fully saturated rings. The molecule has 0 aliphatic carbocycles. The summed E-state index contributed by atoms with van der Waals surface area (Å²) in [6, 6.07) is 0. The Morgan fingerprint density at radius 1 is 1.19 bits per heavy atom. The monoisotopic (exact) mass is 297 g/mol. The van der Waals surface area contributed by atoms with Crippen molar-refractivity contribution in [3.05, 3.63) is 0 Å². The molecule has 1 N–H and O–H groups in total. The van der Waals surface area contributed by atoms with E-state index in [1.807, 2.05) is 0 Å². The zero-order chi connectivity index (χ0) is 15.9. The predicted octanol–water partition coefficient (Wildman–Crippen LogP) is 3.60. The molecule has 2 saturated heterocycles. The molecule has 0 aromatic heterocycles. The van der Waals surface area contributed by atoms with Gasteiger partial charge in [0.05, 0.1) is 17.3 Å². The molecule has 0 spiro atoms. The highest BCUT2D eigenvalue weighted by molar-refractivity contribution is 5.05. The van der Waals surface area contributed by atoms with Crippen LogP contribution in [0.5, 0.6) is 0 Å². The molecule has 2 aliphatic heterocycles. The molecule has 0 amide bonds. The number of hydrogen-bond donors (Lipinski definition) is 1. The van der Waals surface area contributed by atoms with E-state index in [1.54, 1.807) is 0 Å². The number of ether oxygens (including phenoxy) is 1. The Labute approximate surface area is 131 Å². The topological polar surface area (TPSA) is 32.7 Å². The van der Waals surface area contributed by atoms with Crippen LogP contribution in [0.3, 0.4) is 0 Å². The summed E-state index contributed by atoms with van der Waals surface area (Å²) in [6.45, 7) is 15.3. The van der Waals surface area contributed by atoms with Gasteiger partial charge in [-0.3, -0.25) is 4.90 Å². The Bertz CT molecular complexity index is 360. The SMILES string of the molecule is CCC(C)(C(O)C1CC(C)(C)OC1(C)C)N1CCCCC1. The summed E-state index contributed by atoms with van der Waals surface area (Å²) < 4.78 is 6.22. The first-order valence-corrected chi connectivity index (χ1v) is 8.76. The Balaban J connectivity index is 2.21. The molecule has 0 saturated carbocycles. The van der Waals surface area contributed by atoms with Gasteiger partial charge in [0, 0.05) is 11.5 Å². The minimum absolute atomic E-state index is 0.133. The summed E-state index contributed by atoms with van der Waals surface area (Å²) in [5.41, 5.74) is -0.521. The molecule has 124 valence electrons. The molecule has 0 radical (unpaired) electrons. The van der Waals surface area contributed by atoms with Crippen molar-refractivity contribution < 1.29 is 9.84 Å². The van der Waals surface area contributed by atoms with Crippen molar-refractivity contribution in [2.75, 3.05) is 13.1 Å². The van der Waals surface area contributed by atoms with Gasteiger partial charge in [0.15, 0.2) is 0 Å². The third kappa shape index (κ3) is 3.30. The van der Waals surface area contributed by atoms with Gasteiger partial charge in [-0.05, 0) is 73.4 Å². The molecule has 3 nitrogen and oxygen atoms in total. The van der Waals surface area contributed by atoms with Crippen LogP contribution in [0.1, 0.15) is 73.6 Å². The molecule has 0 bridgehead atoms. The van der Waals surface area contributed by atoms with Crippen molar-refractivity contribution in [1.29, 1.82) is 0 Å².